The lowest BCUT2D eigenvalue weighted by molar-refractivity contribution is -0.121. The molecule has 0 aliphatic heterocycles. The molecule has 7 heteroatoms. The van der Waals surface area contributed by atoms with Crippen LogP contribution in [0.4, 0.5) is 4.39 Å². The molecule has 1 amide bonds. The van der Waals surface area contributed by atoms with Crippen LogP contribution >= 0.6 is 0 Å². The van der Waals surface area contributed by atoms with Crippen LogP contribution in [0.3, 0.4) is 0 Å². The van der Waals surface area contributed by atoms with Crippen molar-refractivity contribution in [1.29, 1.82) is 0 Å². The van der Waals surface area contributed by atoms with Crippen molar-refractivity contribution in [3.8, 4) is 0 Å². The van der Waals surface area contributed by atoms with Crippen LogP contribution in [0, 0.1) is 5.82 Å². The number of nitrogens with zero attached hydrogens (tertiary/aromatic N) is 1. The lowest BCUT2D eigenvalue weighted by Crippen LogP contribution is -2.41. The van der Waals surface area contributed by atoms with Crippen molar-refractivity contribution < 1.29 is 17.6 Å². The molecule has 0 aliphatic carbocycles. The Kier molecular flexibility index (Phi) is 8.19. The highest BCUT2D eigenvalue weighted by Crippen LogP contribution is 2.09. The van der Waals surface area contributed by atoms with E-state index in [1.54, 1.807) is 18.2 Å². The van der Waals surface area contributed by atoms with Crippen LogP contribution in [-0.4, -0.2) is 44.5 Å². The first-order valence-corrected chi connectivity index (χ1v) is 9.64. The highest BCUT2D eigenvalue weighted by atomic mass is 32.2. The summed E-state index contributed by atoms with van der Waals surface area (Å²) in [5, 5.41) is 2.71. The highest BCUT2D eigenvalue weighted by molar-refractivity contribution is 7.88. The zero-order valence-corrected chi connectivity index (χ0v) is 14.5. The topological polar surface area (TPSA) is 66.5 Å². The summed E-state index contributed by atoms with van der Waals surface area (Å²) in [6.07, 6.45) is 4.22. The Morgan fingerprint density at radius 2 is 1.96 bits per heavy atom. The Bertz CT molecular complexity index is 605. The van der Waals surface area contributed by atoms with Crippen LogP contribution in [0.5, 0.6) is 0 Å². The molecule has 1 rings (SSSR count). The molecule has 0 atom stereocenters. The number of hydrogen-bond donors (Lipinski definition) is 1. The molecule has 0 saturated heterocycles. The minimum absolute atomic E-state index is 0.0716. The van der Waals surface area contributed by atoms with Crippen molar-refractivity contribution in [3.05, 3.63) is 35.6 Å². The Hall–Kier alpha value is -1.47. The number of rotatable bonds is 10. The molecule has 0 aromatic heterocycles. The molecule has 23 heavy (non-hydrogen) atoms. The number of halogens is 1. The molecule has 130 valence electrons. The van der Waals surface area contributed by atoms with Gasteiger partial charge in [-0.25, -0.2) is 12.8 Å². The molecular weight excluding hydrogens is 319 g/mol. The quantitative estimate of drug-likeness (QED) is 0.660. The third kappa shape index (κ3) is 7.56. The number of carbonyl (C=O) groups is 1. The van der Waals surface area contributed by atoms with E-state index in [0.717, 1.165) is 29.8 Å². The van der Waals surface area contributed by atoms with Crippen molar-refractivity contribution in [2.24, 2.45) is 0 Å². The lowest BCUT2D eigenvalue weighted by atomic mass is 10.1. The van der Waals surface area contributed by atoms with Gasteiger partial charge in [-0.2, -0.15) is 4.31 Å². The molecule has 0 heterocycles. The van der Waals surface area contributed by atoms with Gasteiger partial charge < -0.3 is 5.32 Å². The van der Waals surface area contributed by atoms with Crippen molar-refractivity contribution in [3.63, 3.8) is 0 Å². The van der Waals surface area contributed by atoms with E-state index in [4.69, 9.17) is 0 Å². The van der Waals surface area contributed by atoms with Crippen molar-refractivity contribution in [2.45, 2.75) is 32.6 Å². The van der Waals surface area contributed by atoms with Gasteiger partial charge in [-0.05, 0) is 24.5 Å². The second-order valence-corrected chi connectivity index (χ2v) is 7.48. The average molecular weight is 344 g/mol. The van der Waals surface area contributed by atoms with Gasteiger partial charge in [-0.1, -0.05) is 38.0 Å². The summed E-state index contributed by atoms with van der Waals surface area (Å²) in [6, 6.07) is 6.22. The largest absolute Gasteiger partial charge is 0.355 e. The van der Waals surface area contributed by atoms with Crippen molar-refractivity contribution in [1.82, 2.24) is 9.62 Å². The predicted molar refractivity (Wildman–Crippen MR) is 89.1 cm³/mol. The van der Waals surface area contributed by atoms with Crippen LogP contribution in [0.25, 0.3) is 0 Å². The summed E-state index contributed by atoms with van der Waals surface area (Å²) in [5.41, 5.74) is 0.435. The summed E-state index contributed by atoms with van der Waals surface area (Å²) < 4.78 is 38.3. The number of nitrogens with one attached hydrogen (secondary N) is 1. The molecule has 0 saturated carbocycles. The maximum atomic E-state index is 13.6. The zero-order chi connectivity index (χ0) is 17.3. The molecule has 1 N–H and O–H groups in total. The van der Waals surface area contributed by atoms with Gasteiger partial charge in [-0.15, -0.1) is 0 Å². The van der Waals surface area contributed by atoms with Crippen molar-refractivity contribution in [2.75, 3.05) is 25.9 Å². The van der Waals surface area contributed by atoms with E-state index in [1.807, 2.05) is 0 Å². The maximum absolute atomic E-state index is 13.6. The van der Waals surface area contributed by atoms with Gasteiger partial charge in [-0.3, -0.25) is 4.79 Å². The molecule has 0 spiro atoms. The van der Waals surface area contributed by atoms with E-state index < -0.39 is 10.0 Å². The summed E-state index contributed by atoms with van der Waals surface area (Å²) >= 11 is 0. The van der Waals surface area contributed by atoms with Crippen LogP contribution in [0.2, 0.25) is 0 Å². The van der Waals surface area contributed by atoms with E-state index in [0.29, 0.717) is 12.1 Å². The average Bonchev–Trinajstić information content (AvgIpc) is 2.48. The lowest BCUT2D eigenvalue weighted by Gasteiger charge is -2.19. The molecular formula is C16H25FN2O3S. The molecule has 0 unspecified atom stereocenters. The molecule has 0 aliphatic rings. The Labute approximate surface area is 137 Å². The molecule has 0 bridgehead atoms. The van der Waals surface area contributed by atoms with Crippen LogP contribution < -0.4 is 5.32 Å². The molecule has 1 aromatic rings. The third-order valence-corrected chi connectivity index (χ3v) is 4.73. The van der Waals surface area contributed by atoms with E-state index >= 15 is 0 Å². The van der Waals surface area contributed by atoms with Gasteiger partial charge in [0.2, 0.25) is 15.9 Å². The SMILES string of the molecule is CCCCCNC(=O)CN(CCc1ccccc1F)S(C)(=O)=O. The fraction of sp³-hybridized carbons (Fsp3) is 0.562. The normalized spacial score (nSPS) is 11.7. The van der Waals surface area contributed by atoms with Crippen LogP contribution in [0.1, 0.15) is 31.7 Å². The minimum Gasteiger partial charge on any atom is -0.355 e. The van der Waals surface area contributed by atoms with Gasteiger partial charge in [0.1, 0.15) is 5.82 Å². The van der Waals surface area contributed by atoms with Crippen LogP contribution in [-0.2, 0) is 21.2 Å². The summed E-state index contributed by atoms with van der Waals surface area (Å²) in [4.78, 5) is 11.9. The number of sulfonamides is 1. The predicted octanol–water partition coefficient (Wildman–Crippen LogP) is 1.94. The molecule has 1 aromatic carbocycles. The fourth-order valence-corrected chi connectivity index (χ4v) is 2.90. The second kappa shape index (κ2) is 9.62. The first-order valence-electron chi connectivity index (χ1n) is 7.79. The number of hydrogen-bond acceptors (Lipinski definition) is 3. The summed E-state index contributed by atoms with van der Waals surface area (Å²) in [7, 11) is -3.53. The maximum Gasteiger partial charge on any atom is 0.235 e. The molecule has 0 radical (unpaired) electrons. The summed E-state index contributed by atoms with van der Waals surface area (Å²) in [6.45, 7) is 2.44. The van der Waals surface area contributed by atoms with Crippen LogP contribution in [0.15, 0.2) is 24.3 Å². The molecule has 0 fully saturated rings. The Balaban J connectivity index is 2.57. The molecule has 5 nitrogen and oxygen atoms in total. The van der Waals surface area contributed by atoms with Gasteiger partial charge >= 0.3 is 0 Å². The van der Waals surface area contributed by atoms with E-state index in [1.165, 1.54) is 6.07 Å². The number of benzene rings is 1. The number of carbonyl (C=O) groups excluding carboxylic acids is 1. The highest BCUT2D eigenvalue weighted by Gasteiger charge is 2.20. The van der Waals surface area contributed by atoms with Crippen molar-refractivity contribution >= 4 is 15.9 Å². The Morgan fingerprint density at radius 3 is 2.57 bits per heavy atom. The van der Waals surface area contributed by atoms with Gasteiger partial charge in [0, 0.05) is 13.1 Å². The third-order valence-electron chi connectivity index (χ3n) is 3.48. The standard InChI is InChI=1S/C16H25FN2O3S/c1-3-4-7-11-18-16(20)13-19(23(2,21)22)12-10-14-8-5-6-9-15(14)17/h5-6,8-9H,3-4,7,10-13H2,1-2H3,(H,18,20). The van der Waals surface area contributed by atoms with E-state index in [9.17, 15) is 17.6 Å². The second-order valence-electron chi connectivity index (χ2n) is 5.50. The smallest absolute Gasteiger partial charge is 0.235 e. The van der Waals surface area contributed by atoms with E-state index in [-0.39, 0.29) is 31.2 Å². The van der Waals surface area contributed by atoms with Gasteiger partial charge in [0.15, 0.2) is 0 Å². The number of unbranched alkanes of at least 4 members (excludes halogenated alkanes) is 2. The first kappa shape index (κ1) is 19.6. The van der Waals surface area contributed by atoms with E-state index in [2.05, 4.69) is 12.2 Å². The Morgan fingerprint density at radius 1 is 1.26 bits per heavy atom. The fourth-order valence-electron chi connectivity index (χ4n) is 2.13. The zero-order valence-electron chi connectivity index (χ0n) is 13.7. The van der Waals surface area contributed by atoms with Gasteiger partial charge in [0.25, 0.3) is 0 Å². The monoisotopic (exact) mass is 344 g/mol. The number of amides is 1. The minimum atomic E-state index is -3.53. The van der Waals surface area contributed by atoms with Gasteiger partial charge in [0.05, 0.1) is 12.8 Å². The summed E-state index contributed by atoms with van der Waals surface area (Å²) in [5.74, 6) is -0.704. The first-order chi connectivity index (χ1) is 10.8.